The van der Waals surface area contributed by atoms with Gasteiger partial charge in [-0.15, -0.1) is 11.8 Å². The number of aromatic nitrogens is 1. The van der Waals surface area contributed by atoms with Crippen molar-refractivity contribution >= 4 is 17.7 Å². The molecule has 3 saturated heterocycles. The predicted molar refractivity (Wildman–Crippen MR) is 105 cm³/mol. The maximum Gasteiger partial charge on any atom is 0.233 e. The highest BCUT2D eigenvalue weighted by Gasteiger charge is 2.36. The normalized spacial score (nSPS) is 23.0. The number of carbonyl (C=O) groups is 1. The van der Waals surface area contributed by atoms with Crippen LogP contribution in [0.4, 0.5) is 0 Å². The fraction of sp³-hybridized carbons (Fsp3) is 0.429. The number of amides is 1. The summed E-state index contributed by atoms with van der Waals surface area (Å²) in [6, 6.07) is 16.6. The van der Waals surface area contributed by atoms with Crippen molar-refractivity contribution in [3.8, 4) is 0 Å². The van der Waals surface area contributed by atoms with Gasteiger partial charge in [-0.05, 0) is 43.0 Å². The predicted octanol–water partition coefficient (Wildman–Crippen LogP) is 3.30. The van der Waals surface area contributed by atoms with E-state index in [0.29, 0.717) is 17.7 Å². The molecule has 1 aromatic carbocycles. The third-order valence-corrected chi connectivity index (χ3v) is 6.32. The Morgan fingerprint density at radius 2 is 1.88 bits per heavy atom. The van der Waals surface area contributed by atoms with Crippen LogP contribution in [0.5, 0.6) is 0 Å². The monoisotopic (exact) mass is 367 g/mol. The Kier molecular flexibility index (Phi) is 5.56. The maximum atomic E-state index is 12.9. The van der Waals surface area contributed by atoms with Gasteiger partial charge in [0, 0.05) is 43.3 Å². The molecule has 5 heteroatoms. The van der Waals surface area contributed by atoms with E-state index in [1.54, 1.807) is 11.8 Å². The lowest BCUT2D eigenvalue weighted by Gasteiger charge is -2.36. The summed E-state index contributed by atoms with van der Waals surface area (Å²) in [5, 5.41) is 0. The summed E-state index contributed by atoms with van der Waals surface area (Å²) in [4.78, 5) is 23.1. The van der Waals surface area contributed by atoms with Gasteiger partial charge in [0.2, 0.25) is 5.91 Å². The largest absolute Gasteiger partial charge is 0.337 e. The van der Waals surface area contributed by atoms with Crippen molar-refractivity contribution in [2.24, 2.45) is 5.92 Å². The highest BCUT2D eigenvalue weighted by Crippen LogP contribution is 2.29. The van der Waals surface area contributed by atoms with Gasteiger partial charge in [0.1, 0.15) is 0 Å². The van der Waals surface area contributed by atoms with Gasteiger partial charge >= 0.3 is 0 Å². The molecule has 1 aromatic heterocycles. The zero-order valence-corrected chi connectivity index (χ0v) is 15.8. The van der Waals surface area contributed by atoms with Gasteiger partial charge < -0.3 is 4.90 Å². The van der Waals surface area contributed by atoms with Gasteiger partial charge in [0.05, 0.1) is 11.4 Å². The molecule has 4 nitrogen and oxygen atoms in total. The molecular formula is C21H25N3OS. The second kappa shape index (κ2) is 8.23. The average molecular weight is 368 g/mol. The molecule has 0 aliphatic carbocycles. The zero-order valence-electron chi connectivity index (χ0n) is 15.0. The van der Waals surface area contributed by atoms with Crippen LogP contribution in [-0.4, -0.2) is 52.1 Å². The molecule has 2 bridgehead atoms. The van der Waals surface area contributed by atoms with Crippen molar-refractivity contribution in [3.05, 3.63) is 60.4 Å². The van der Waals surface area contributed by atoms with Crippen LogP contribution < -0.4 is 0 Å². The molecule has 3 fully saturated rings. The summed E-state index contributed by atoms with van der Waals surface area (Å²) in [6.07, 6.45) is 4.22. The summed E-state index contributed by atoms with van der Waals surface area (Å²) in [7, 11) is 0. The van der Waals surface area contributed by atoms with Gasteiger partial charge in [0.25, 0.3) is 0 Å². The first-order valence-corrected chi connectivity index (χ1v) is 10.4. The number of fused-ring (bicyclic) bond motifs is 4. The van der Waals surface area contributed by atoms with Crippen molar-refractivity contribution in [1.29, 1.82) is 0 Å². The Morgan fingerprint density at radius 1 is 1.04 bits per heavy atom. The minimum atomic E-state index is 0.285. The van der Waals surface area contributed by atoms with Gasteiger partial charge in [-0.3, -0.25) is 14.7 Å². The second-order valence-corrected chi connectivity index (χ2v) is 8.31. The van der Waals surface area contributed by atoms with Crippen LogP contribution >= 0.6 is 11.8 Å². The molecule has 0 N–H and O–H groups in total. The number of pyridine rings is 1. The number of rotatable bonds is 5. The molecule has 26 heavy (non-hydrogen) atoms. The van der Waals surface area contributed by atoms with Crippen LogP contribution in [-0.2, 0) is 11.3 Å². The molecule has 2 unspecified atom stereocenters. The van der Waals surface area contributed by atoms with Crippen molar-refractivity contribution < 1.29 is 4.79 Å². The van der Waals surface area contributed by atoms with E-state index in [1.165, 1.54) is 6.42 Å². The van der Waals surface area contributed by atoms with E-state index in [-0.39, 0.29) is 5.91 Å². The smallest absolute Gasteiger partial charge is 0.233 e. The number of piperidine rings is 1. The maximum absolute atomic E-state index is 12.9. The Hall–Kier alpha value is -1.85. The van der Waals surface area contributed by atoms with Crippen LogP contribution in [0.15, 0.2) is 59.6 Å². The Labute approximate surface area is 159 Å². The molecule has 3 aliphatic heterocycles. The molecule has 2 aromatic rings. The van der Waals surface area contributed by atoms with Gasteiger partial charge in [-0.1, -0.05) is 24.3 Å². The van der Waals surface area contributed by atoms with Crippen LogP contribution in [0.3, 0.4) is 0 Å². The minimum Gasteiger partial charge on any atom is -0.337 e. The van der Waals surface area contributed by atoms with Gasteiger partial charge in [-0.25, -0.2) is 0 Å². The number of nitrogens with zero attached hydrogens (tertiary/aromatic N) is 3. The first kappa shape index (κ1) is 17.6. The molecule has 0 spiro atoms. The lowest BCUT2D eigenvalue weighted by Crippen LogP contribution is -2.48. The van der Waals surface area contributed by atoms with E-state index in [0.717, 1.165) is 43.2 Å². The lowest BCUT2D eigenvalue weighted by molar-refractivity contribution is -0.132. The Morgan fingerprint density at radius 3 is 2.69 bits per heavy atom. The van der Waals surface area contributed by atoms with Gasteiger partial charge in [-0.2, -0.15) is 0 Å². The molecule has 4 heterocycles. The van der Waals surface area contributed by atoms with Crippen LogP contribution in [0.2, 0.25) is 0 Å². The van der Waals surface area contributed by atoms with E-state index in [2.05, 4.69) is 33.0 Å². The van der Waals surface area contributed by atoms with E-state index < -0.39 is 0 Å². The fourth-order valence-electron chi connectivity index (χ4n) is 4.08. The molecular weight excluding hydrogens is 342 g/mol. The Bertz CT molecular complexity index is 725. The molecule has 5 rings (SSSR count). The van der Waals surface area contributed by atoms with Crippen molar-refractivity contribution in [1.82, 2.24) is 14.8 Å². The number of hydrogen-bond acceptors (Lipinski definition) is 4. The van der Waals surface area contributed by atoms with Gasteiger partial charge in [0.15, 0.2) is 0 Å². The van der Waals surface area contributed by atoms with E-state index in [9.17, 15) is 4.79 Å². The number of thioether (sulfide) groups is 1. The number of benzene rings is 1. The lowest BCUT2D eigenvalue weighted by atomic mass is 9.95. The first-order chi connectivity index (χ1) is 12.8. The van der Waals surface area contributed by atoms with E-state index in [4.69, 9.17) is 0 Å². The molecule has 3 aliphatic rings. The summed E-state index contributed by atoms with van der Waals surface area (Å²) < 4.78 is 0. The third kappa shape index (κ3) is 4.27. The molecule has 1 amide bonds. The van der Waals surface area contributed by atoms with Crippen LogP contribution in [0.25, 0.3) is 0 Å². The topological polar surface area (TPSA) is 36.4 Å². The highest BCUT2D eigenvalue weighted by molar-refractivity contribution is 8.00. The number of hydrogen-bond donors (Lipinski definition) is 0. The first-order valence-electron chi connectivity index (χ1n) is 9.37. The zero-order chi connectivity index (χ0) is 17.8. The molecule has 0 radical (unpaired) electrons. The van der Waals surface area contributed by atoms with Crippen LogP contribution in [0, 0.1) is 5.92 Å². The quantitative estimate of drug-likeness (QED) is 0.760. The van der Waals surface area contributed by atoms with E-state index >= 15 is 0 Å². The summed E-state index contributed by atoms with van der Waals surface area (Å²) in [6.45, 7) is 3.84. The fourth-order valence-corrected chi connectivity index (χ4v) is 4.88. The summed E-state index contributed by atoms with van der Waals surface area (Å²) in [5.41, 5.74) is 1.12. The molecule has 136 valence electrons. The van der Waals surface area contributed by atoms with Crippen molar-refractivity contribution in [2.45, 2.75) is 30.3 Å². The number of carbonyl (C=O) groups excluding carboxylic acids is 1. The highest BCUT2D eigenvalue weighted by atomic mass is 32.2. The third-order valence-electron chi connectivity index (χ3n) is 5.33. The van der Waals surface area contributed by atoms with E-state index in [1.807, 2.05) is 36.5 Å². The Balaban J connectivity index is 1.37. The SMILES string of the molecule is O=C(CSc1ccccc1)N1CC2CCC1CN(Cc1ccccn1)C2. The van der Waals surface area contributed by atoms with Crippen molar-refractivity contribution in [2.75, 3.05) is 25.4 Å². The second-order valence-electron chi connectivity index (χ2n) is 7.26. The van der Waals surface area contributed by atoms with Crippen molar-refractivity contribution in [3.63, 3.8) is 0 Å². The minimum absolute atomic E-state index is 0.285. The standard InChI is InChI=1S/C21H25N3OS/c25-21(16-26-20-7-2-1-3-8-20)24-13-17-9-10-19(24)15-23(12-17)14-18-6-4-5-11-22-18/h1-8,11,17,19H,9-10,12-16H2. The molecule has 0 saturated carbocycles. The molecule has 2 atom stereocenters. The summed E-state index contributed by atoms with van der Waals surface area (Å²) >= 11 is 1.64. The van der Waals surface area contributed by atoms with Crippen LogP contribution in [0.1, 0.15) is 18.5 Å². The summed E-state index contributed by atoms with van der Waals surface area (Å²) in [5.74, 6) is 1.41. The average Bonchev–Trinajstić information content (AvgIpc) is 2.98.